The second-order valence-corrected chi connectivity index (χ2v) is 4.55. The molecular weight excluding hydrogens is 153 g/mol. The molecule has 0 aromatic rings. The van der Waals surface area contributed by atoms with Gasteiger partial charge in [-0.05, 0) is 37.8 Å². The summed E-state index contributed by atoms with van der Waals surface area (Å²) in [5.41, 5.74) is 0.477. The number of rotatable bonds is 2. The molecule has 1 rings (SSSR count). The highest BCUT2D eigenvalue weighted by atomic mass is 19.1. The van der Waals surface area contributed by atoms with Gasteiger partial charge in [0.2, 0.25) is 0 Å². The summed E-state index contributed by atoms with van der Waals surface area (Å²) in [4.78, 5) is 2.24. The van der Waals surface area contributed by atoms with Gasteiger partial charge in [0.1, 0.15) is 6.67 Å². The van der Waals surface area contributed by atoms with Crippen molar-refractivity contribution in [2.75, 3.05) is 26.3 Å². The Hall–Kier alpha value is -0.110. The molecule has 0 amide bonds. The summed E-state index contributed by atoms with van der Waals surface area (Å²) in [6, 6.07) is 0. The van der Waals surface area contributed by atoms with Gasteiger partial charge in [0.05, 0.1) is 0 Å². The van der Waals surface area contributed by atoms with Crippen LogP contribution < -0.4 is 0 Å². The lowest BCUT2D eigenvalue weighted by molar-refractivity contribution is 0.242. The van der Waals surface area contributed by atoms with Crippen molar-refractivity contribution in [3.63, 3.8) is 0 Å². The minimum atomic E-state index is -0.194. The van der Waals surface area contributed by atoms with E-state index in [9.17, 15) is 4.39 Å². The Bertz CT molecular complexity index is 134. The quantitative estimate of drug-likeness (QED) is 0.620. The molecule has 0 aliphatic carbocycles. The molecule has 72 valence electrons. The number of nitrogens with zero attached hydrogens (tertiary/aromatic N) is 1. The van der Waals surface area contributed by atoms with E-state index in [1.54, 1.807) is 0 Å². The molecule has 1 aliphatic heterocycles. The summed E-state index contributed by atoms with van der Waals surface area (Å²) >= 11 is 0. The SMILES string of the molecule is CC1(C)CCCN(CCF)CC1. The van der Waals surface area contributed by atoms with E-state index < -0.39 is 0 Å². The molecule has 0 spiro atoms. The van der Waals surface area contributed by atoms with E-state index in [0.29, 0.717) is 12.0 Å². The summed E-state index contributed by atoms with van der Waals surface area (Å²) in [6.07, 6.45) is 3.73. The zero-order valence-corrected chi connectivity index (χ0v) is 8.27. The second kappa shape index (κ2) is 4.22. The normalized spacial score (nSPS) is 25.2. The summed E-state index contributed by atoms with van der Waals surface area (Å²) in [5.74, 6) is 0. The van der Waals surface area contributed by atoms with E-state index in [4.69, 9.17) is 0 Å². The maximum absolute atomic E-state index is 12.1. The molecule has 0 aromatic heterocycles. The summed E-state index contributed by atoms with van der Waals surface area (Å²) < 4.78 is 12.1. The van der Waals surface area contributed by atoms with Crippen LogP contribution in [0.3, 0.4) is 0 Å². The molecule has 0 bridgehead atoms. The highest BCUT2D eigenvalue weighted by molar-refractivity contribution is 4.75. The van der Waals surface area contributed by atoms with Gasteiger partial charge in [-0.15, -0.1) is 0 Å². The number of hydrogen-bond acceptors (Lipinski definition) is 1. The van der Waals surface area contributed by atoms with Gasteiger partial charge in [-0.3, -0.25) is 0 Å². The van der Waals surface area contributed by atoms with E-state index in [-0.39, 0.29) is 6.67 Å². The average Bonchev–Trinajstić information content (AvgIpc) is 2.14. The van der Waals surface area contributed by atoms with Crippen molar-refractivity contribution in [2.45, 2.75) is 33.1 Å². The molecule has 12 heavy (non-hydrogen) atoms. The summed E-state index contributed by atoms with van der Waals surface area (Å²) in [5, 5.41) is 0. The lowest BCUT2D eigenvalue weighted by Crippen LogP contribution is -2.27. The van der Waals surface area contributed by atoms with Crippen molar-refractivity contribution in [1.82, 2.24) is 4.90 Å². The first kappa shape index (κ1) is 9.97. The number of hydrogen-bond donors (Lipinski definition) is 0. The predicted molar refractivity (Wildman–Crippen MR) is 50.0 cm³/mol. The first-order valence-electron chi connectivity index (χ1n) is 4.92. The van der Waals surface area contributed by atoms with Crippen molar-refractivity contribution in [3.8, 4) is 0 Å². The Labute approximate surface area is 74.9 Å². The third-order valence-corrected chi connectivity index (χ3v) is 2.83. The van der Waals surface area contributed by atoms with Crippen LogP contribution in [0.25, 0.3) is 0 Å². The first-order chi connectivity index (χ1) is 5.64. The average molecular weight is 173 g/mol. The largest absolute Gasteiger partial charge is 0.301 e. The van der Waals surface area contributed by atoms with Gasteiger partial charge in [0.25, 0.3) is 0 Å². The monoisotopic (exact) mass is 173 g/mol. The number of alkyl halides is 1. The van der Waals surface area contributed by atoms with Crippen LogP contribution in [0, 0.1) is 5.41 Å². The third-order valence-electron chi connectivity index (χ3n) is 2.83. The van der Waals surface area contributed by atoms with Crippen LogP contribution in [-0.4, -0.2) is 31.2 Å². The van der Waals surface area contributed by atoms with Crippen molar-refractivity contribution in [2.24, 2.45) is 5.41 Å². The Kier molecular flexibility index (Phi) is 3.51. The lowest BCUT2D eigenvalue weighted by atomic mass is 9.85. The Morgan fingerprint density at radius 2 is 2.00 bits per heavy atom. The van der Waals surface area contributed by atoms with Gasteiger partial charge in [0, 0.05) is 6.54 Å². The number of likely N-dealkylation sites (tertiary alicyclic amines) is 1. The van der Waals surface area contributed by atoms with E-state index >= 15 is 0 Å². The van der Waals surface area contributed by atoms with Crippen LogP contribution in [0.2, 0.25) is 0 Å². The Morgan fingerprint density at radius 1 is 1.25 bits per heavy atom. The summed E-state index contributed by atoms with van der Waals surface area (Å²) in [6.45, 7) is 7.23. The predicted octanol–water partition coefficient (Wildman–Crippen LogP) is 2.47. The topological polar surface area (TPSA) is 3.24 Å². The van der Waals surface area contributed by atoms with E-state index in [1.165, 1.54) is 19.3 Å². The van der Waals surface area contributed by atoms with Crippen LogP contribution in [0.4, 0.5) is 4.39 Å². The van der Waals surface area contributed by atoms with Gasteiger partial charge in [-0.1, -0.05) is 13.8 Å². The summed E-state index contributed by atoms with van der Waals surface area (Å²) in [7, 11) is 0. The van der Waals surface area contributed by atoms with Crippen LogP contribution in [0.15, 0.2) is 0 Å². The Morgan fingerprint density at radius 3 is 2.67 bits per heavy atom. The highest BCUT2D eigenvalue weighted by Gasteiger charge is 2.22. The molecule has 1 heterocycles. The molecule has 0 aromatic carbocycles. The van der Waals surface area contributed by atoms with E-state index in [0.717, 1.165) is 13.1 Å². The zero-order valence-electron chi connectivity index (χ0n) is 8.27. The molecule has 0 N–H and O–H groups in total. The van der Waals surface area contributed by atoms with Gasteiger partial charge in [0.15, 0.2) is 0 Å². The van der Waals surface area contributed by atoms with E-state index in [2.05, 4.69) is 18.7 Å². The second-order valence-electron chi connectivity index (χ2n) is 4.55. The first-order valence-corrected chi connectivity index (χ1v) is 4.92. The van der Waals surface area contributed by atoms with Crippen molar-refractivity contribution in [1.29, 1.82) is 0 Å². The molecule has 2 heteroatoms. The van der Waals surface area contributed by atoms with Gasteiger partial charge in [-0.25, -0.2) is 4.39 Å². The molecule has 1 saturated heterocycles. The maximum Gasteiger partial charge on any atom is 0.102 e. The van der Waals surface area contributed by atoms with Gasteiger partial charge in [-0.2, -0.15) is 0 Å². The van der Waals surface area contributed by atoms with Crippen molar-refractivity contribution >= 4 is 0 Å². The zero-order chi connectivity index (χ0) is 9.03. The molecular formula is C10H20FN. The van der Waals surface area contributed by atoms with Gasteiger partial charge < -0.3 is 4.90 Å². The number of halogens is 1. The minimum absolute atomic E-state index is 0.194. The molecule has 1 nitrogen and oxygen atoms in total. The molecule has 0 unspecified atom stereocenters. The Balaban J connectivity index is 2.34. The molecule has 0 saturated carbocycles. The molecule has 1 fully saturated rings. The molecule has 1 aliphatic rings. The van der Waals surface area contributed by atoms with Gasteiger partial charge >= 0.3 is 0 Å². The van der Waals surface area contributed by atoms with Crippen molar-refractivity contribution < 1.29 is 4.39 Å². The van der Waals surface area contributed by atoms with Crippen LogP contribution in [-0.2, 0) is 0 Å². The molecule has 0 radical (unpaired) electrons. The van der Waals surface area contributed by atoms with Crippen LogP contribution >= 0.6 is 0 Å². The fourth-order valence-electron chi connectivity index (χ4n) is 1.82. The van der Waals surface area contributed by atoms with Crippen LogP contribution in [0.1, 0.15) is 33.1 Å². The van der Waals surface area contributed by atoms with E-state index in [1.807, 2.05) is 0 Å². The fraction of sp³-hybridized carbons (Fsp3) is 1.00. The standard InChI is InChI=1S/C10H20FN/c1-10(2)4-3-7-12(8-5-10)9-6-11/h3-9H2,1-2H3. The maximum atomic E-state index is 12.1. The van der Waals surface area contributed by atoms with Crippen molar-refractivity contribution in [3.05, 3.63) is 0 Å². The lowest BCUT2D eigenvalue weighted by Gasteiger charge is -2.22. The highest BCUT2D eigenvalue weighted by Crippen LogP contribution is 2.29. The van der Waals surface area contributed by atoms with Crippen LogP contribution in [0.5, 0.6) is 0 Å². The third kappa shape index (κ3) is 3.10. The molecule has 0 atom stereocenters. The fourth-order valence-corrected chi connectivity index (χ4v) is 1.82. The minimum Gasteiger partial charge on any atom is -0.301 e. The smallest absolute Gasteiger partial charge is 0.102 e.